The van der Waals surface area contributed by atoms with E-state index < -0.39 is 0 Å². The van der Waals surface area contributed by atoms with Gasteiger partial charge < -0.3 is 9.15 Å². The summed E-state index contributed by atoms with van der Waals surface area (Å²) in [5, 5.41) is 9.07. The number of hydrogen-bond acceptors (Lipinski definition) is 5. The number of nitriles is 1. The van der Waals surface area contributed by atoms with Crippen molar-refractivity contribution in [1.82, 2.24) is 9.88 Å². The van der Waals surface area contributed by atoms with E-state index in [0.717, 1.165) is 24.3 Å². The molecule has 1 atom stereocenters. The second-order valence-corrected chi connectivity index (χ2v) is 7.19. The number of morpholine rings is 1. The molecule has 5 nitrogen and oxygen atoms in total. The van der Waals surface area contributed by atoms with Crippen molar-refractivity contribution in [3.63, 3.8) is 0 Å². The Balaban J connectivity index is 1.81. The lowest BCUT2D eigenvalue weighted by Crippen LogP contribution is -2.39. The number of benzene rings is 1. The van der Waals surface area contributed by atoms with Gasteiger partial charge in [-0.3, -0.25) is 4.90 Å². The van der Waals surface area contributed by atoms with Gasteiger partial charge >= 0.3 is 0 Å². The summed E-state index contributed by atoms with van der Waals surface area (Å²) in [4.78, 5) is 6.99. The third-order valence-corrected chi connectivity index (χ3v) is 4.26. The minimum absolute atomic E-state index is 0.000548. The molecule has 1 aliphatic heterocycles. The summed E-state index contributed by atoms with van der Waals surface area (Å²) in [6, 6.07) is 9.92. The maximum Gasteiger partial charge on any atom is 0.214 e. The quantitative estimate of drug-likeness (QED) is 0.865. The maximum absolute atomic E-state index is 9.07. The fourth-order valence-electron chi connectivity index (χ4n) is 2.81. The topological polar surface area (TPSA) is 62.3 Å². The van der Waals surface area contributed by atoms with Crippen molar-refractivity contribution in [1.29, 1.82) is 5.26 Å². The van der Waals surface area contributed by atoms with E-state index in [2.05, 4.69) is 31.7 Å². The summed E-state index contributed by atoms with van der Waals surface area (Å²) >= 11 is 0. The van der Waals surface area contributed by atoms with E-state index in [0.29, 0.717) is 24.7 Å². The molecule has 126 valence electrons. The SMILES string of the molecule is CC(C)(C)c1coc(C2COCCN2Cc2cccc(C#N)c2)n1. The van der Waals surface area contributed by atoms with E-state index in [-0.39, 0.29) is 11.5 Å². The molecule has 0 N–H and O–H groups in total. The van der Waals surface area contributed by atoms with Crippen LogP contribution in [0.25, 0.3) is 0 Å². The van der Waals surface area contributed by atoms with Crippen LogP contribution < -0.4 is 0 Å². The molecule has 1 saturated heterocycles. The summed E-state index contributed by atoms with van der Waals surface area (Å²) in [5.41, 5.74) is 2.71. The molecular weight excluding hydrogens is 302 g/mol. The van der Waals surface area contributed by atoms with Gasteiger partial charge in [0.15, 0.2) is 0 Å². The highest BCUT2D eigenvalue weighted by Gasteiger charge is 2.30. The van der Waals surface area contributed by atoms with Crippen LogP contribution in [0.1, 0.15) is 49.5 Å². The zero-order valence-corrected chi connectivity index (χ0v) is 14.5. The predicted molar refractivity (Wildman–Crippen MR) is 90.3 cm³/mol. The molecule has 0 radical (unpaired) electrons. The van der Waals surface area contributed by atoms with Crippen molar-refractivity contribution in [2.75, 3.05) is 19.8 Å². The van der Waals surface area contributed by atoms with E-state index in [1.54, 1.807) is 6.26 Å². The van der Waals surface area contributed by atoms with Crippen molar-refractivity contribution >= 4 is 0 Å². The molecule has 0 aliphatic carbocycles. The predicted octanol–water partition coefficient (Wildman–Crippen LogP) is 3.42. The van der Waals surface area contributed by atoms with E-state index >= 15 is 0 Å². The van der Waals surface area contributed by atoms with Crippen LogP contribution in [0.4, 0.5) is 0 Å². The van der Waals surface area contributed by atoms with E-state index in [1.165, 1.54) is 0 Å². The Morgan fingerprint density at radius 1 is 1.38 bits per heavy atom. The first-order chi connectivity index (χ1) is 11.5. The van der Waals surface area contributed by atoms with Crippen LogP contribution in [-0.2, 0) is 16.7 Å². The largest absolute Gasteiger partial charge is 0.447 e. The molecule has 24 heavy (non-hydrogen) atoms. The van der Waals surface area contributed by atoms with Gasteiger partial charge in [0, 0.05) is 18.5 Å². The van der Waals surface area contributed by atoms with Crippen LogP contribution >= 0.6 is 0 Å². The van der Waals surface area contributed by atoms with Crippen LogP contribution in [0.2, 0.25) is 0 Å². The fraction of sp³-hybridized carbons (Fsp3) is 0.474. The average Bonchev–Trinajstić information content (AvgIpc) is 3.06. The van der Waals surface area contributed by atoms with Crippen LogP contribution in [0.5, 0.6) is 0 Å². The van der Waals surface area contributed by atoms with Crippen molar-refractivity contribution in [3.05, 3.63) is 53.2 Å². The Morgan fingerprint density at radius 2 is 2.21 bits per heavy atom. The lowest BCUT2D eigenvalue weighted by Gasteiger charge is -2.33. The molecule has 2 aromatic rings. The molecular formula is C19H23N3O2. The molecule has 1 fully saturated rings. The van der Waals surface area contributed by atoms with Gasteiger partial charge in [-0.2, -0.15) is 5.26 Å². The highest BCUT2D eigenvalue weighted by atomic mass is 16.5. The minimum atomic E-state index is -0.0385. The maximum atomic E-state index is 9.07. The highest BCUT2D eigenvalue weighted by Crippen LogP contribution is 2.29. The second kappa shape index (κ2) is 6.76. The monoisotopic (exact) mass is 325 g/mol. The standard InChI is InChI=1S/C19H23N3O2/c1-19(2,3)17-13-24-18(21-17)16-12-23-8-7-22(16)11-15-6-4-5-14(9-15)10-20/h4-6,9,13,16H,7-8,11-12H2,1-3H3. The van der Waals surface area contributed by atoms with E-state index in [4.69, 9.17) is 19.4 Å². The smallest absolute Gasteiger partial charge is 0.214 e. The number of aromatic nitrogens is 1. The van der Waals surface area contributed by atoms with Gasteiger partial charge in [-0.25, -0.2) is 4.98 Å². The van der Waals surface area contributed by atoms with Crippen LogP contribution in [0.15, 0.2) is 34.9 Å². The Bertz CT molecular complexity index is 740. The summed E-state index contributed by atoms with van der Waals surface area (Å²) < 4.78 is 11.4. The first-order valence-corrected chi connectivity index (χ1v) is 8.24. The van der Waals surface area contributed by atoms with Crippen molar-refractivity contribution in [3.8, 4) is 6.07 Å². The van der Waals surface area contributed by atoms with Gasteiger partial charge in [0.1, 0.15) is 12.3 Å². The lowest BCUT2D eigenvalue weighted by atomic mass is 9.93. The van der Waals surface area contributed by atoms with Gasteiger partial charge in [-0.1, -0.05) is 32.9 Å². The molecule has 1 aromatic heterocycles. The van der Waals surface area contributed by atoms with Crippen molar-refractivity contribution < 1.29 is 9.15 Å². The Hall–Kier alpha value is -2.16. The first-order valence-electron chi connectivity index (χ1n) is 8.24. The molecule has 1 unspecified atom stereocenters. The van der Waals surface area contributed by atoms with Crippen LogP contribution in [0.3, 0.4) is 0 Å². The number of rotatable bonds is 3. The summed E-state index contributed by atoms with van der Waals surface area (Å²) in [7, 11) is 0. The molecule has 2 heterocycles. The number of ether oxygens (including phenoxy) is 1. The third-order valence-electron chi connectivity index (χ3n) is 4.26. The van der Waals surface area contributed by atoms with E-state index in [9.17, 15) is 0 Å². The number of hydrogen-bond donors (Lipinski definition) is 0. The highest BCUT2D eigenvalue weighted by molar-refractivity contribution is 5.32. The number of nitrogens with zero attached hydrogens (tertiary/aromatic N) is 3. The summed E-state index contributed by atoms with van der Waals surface area (Å²) in [6.45, 7) is 9.19. The zero-order valence-electron chi connectivity index (χ0n) is 14.5. The molecule has 0 bridgehead atoms. The fourth-order valence-corrected chi connectivity index (χ4v) is 2.81. The van der Waals surface area contributed by atoms with Gasteiger partial charge in [-0.05, 0) is 17.7 Å². The molecule has 5 heteroatoms. The summed E-state index contributed by atoms with van der Waals surface area (Å²) in [6.07, 6.45) is 1.75. The second-order valence-electron chi connectivity index (χ2n) is 7.19. The number of oxazole rings is 1. The van der Waals surface area contributed by atoms with Gasteiger partial charge in [0.2, 0.25) is 5.89 Å². The average molecular weight is 325 g/mol. The zero-order chi connectivity index (χ0) is 17.2. The van der Waals surface area contributed by atoms with Crippen molar-refractivity contribution in [2.45, 2.75) is 38.8 Å². The van der Waals surface area contributed by atoms with Crippen LogP contribution in [-0.4, -0.2) is 29.6 Å². The van der Waals surface area contributed by atoms with Crippen molar-refractivity contribution in [2.24, 2.45) is 0 Å². The normalized spacial score (nSPS) is 19.2. The molecule has 1 aliphatic rings. The van der Waals surface area contributed by atoms with Gasteiger partial charge in [-0.15, -0.1) is 0 Å². The molecule has 0 amide bonds. The Labute approximate surface area is 142 Å². The Kier molecular flexibility index (Phi) is 4.70. The lowest BCUT2D eigenvalue weighted by molar-refractivity contribution is -0.0223. The molecule has 1 aromatic carbocycles. The Morgan fingerprint density at radius 3 is 2.92 bits per heavy atom. The van der Waals surface area contributed by atoms with Gasteiger partial charge in [0.05, 0.1) is 30.5 Å². The summed E-state index contributed by atoms with van der Waals surface area (Å²) in [5.74, 6) is 0.705. The molecule has 0 saturated carbocycles. The van der Waals surface area contributed by atoms with Gasteiger partial charge in [0.25, 0.3) is 0 Å². The molecule has 0 spiro atoms. The minimum Gasteiger partial charge on any atom is -0.447 e. The third kappa shape index (κ3) is 3.66. The van der Waals surface area contributed by atoms with Crippen LogP contribution in [0, 0.1) is 11.3 Å². The van der Waals surface area contributed by atoms with E-state index in [1.807, 2.05) is 24.3 Å². The molecule has 3 rings (SSSR count). The first kappa shape index (κ1) is 16.7.